The lowest BCUT2D eigenvalue weighted by Crippen LogP contribution is -2.18. The van der Waals surface area contributed by atoms with Gasteiger partial charge in [0.05, 0.1) is 0 Å². The van der Waals surface area contributed by atoms with Gasteiger partial charge < -0.3 is 4.90 Å². The maximum atomic E-state index is 10.9. The van der Waals surface area contributed by atoms with Crippen LogP contribution in [0.1, 0.15) is 34.3 Å². The summed E-state index contributed by atoms with van der Waals surface area (Å²) in [7, 11) is 0. The molecule has 1 aliphatic heterocycles. The highest BCUT2D eigenvalue weighted by atomic mass is 16.1. The van der Waals surface area contributed by atoms with Crippen molar-refractivity contribution in [1.82, 2.24) is 0 Å². The first-order chi connectivity index (χ1) is 9.79. The van der Waals surface area contributed by atoms with Crippen LogP contribution in [0.3, 0.4) is 0 Å². The molecule has 0 saturated carbocycles. The first-order valence-corrected chi connectivity index (χ1v) is 7.21. The maximum absolute atomic E-state index is 10.9. The number of benzene rings is 2. The SMILES string of the molecule is Cc1cc(C=O)ccc1N1CCCCc2ccccc21. The van der Waals surface area contributed by atoms with Gasteiger partial charge in [0, 0.05) is 23.5 Å². The second-order valence-electron chi connectivity index (χ2n) is 5.40. The molecule has 0 atom stereocenters. The lowest BCUT2D eigenvalue weighted by atomic mass is 10.1. The predicted molar refractivity (Wildman–Crippen MR) is 83.0 cm³/mol. The Morgan fingerprint density at radius 2 is 1.90 bits per heavy atom. The summed E-state index contributed by atoms with van der Waals surface area (Å²) in [5, 5.41) is 0. The standard InChI is InChI=1S/C18H19NO/c1-14-12-15(13-20)9-10-17(14)19-11-5-4-7-16-6-2-3-8-18(16)19/h2-3,6,8-10,12-13H,4-5,7,11H2,1H3. The fraction of sp³-hybridized carbons (Fsp3) is 0.278. The Balaban J connectivity index is 2.07. The second kappa shape index (κ2) is 5.49. The van der Waals surface area contributed by atoms with Crippen LogP contribution in [-0.2, 0) is 6.42 Å². The van der Waals surface area contributed by atoms with E-state index in [1.807, 2.05) is 12.1 Å². The highest BCUT2D eigenvalue weighted by molar-refractivity contribution is 5.78. The molecule has 0 N–H and O–H groups in total. The molecule has 2 aromatic rings. The molecule has 2 aromatic carbocycles. The molecule has 3 rings (SSSR count). The van der Waals surface area contributed by atoms with Gasteiger partial charge in [0.15, 0.2) is 0 Å². The Kier molecular flexibility index (Phi) is 3.55. The second-order valence-corrected chi connectivity index (χ2v) is 5.40. The van der Waals surface area contributed by atoms with E-state index in [1.54, 1.807) is 0 Å². The van der Waals surface area contributed by atoms with Crippen LogP contribution in [-0.4, -0.2) is 12.8 Å². The summed E-state index contributed by atoms with van der Waals surface area (Å²) in [5.74, 6) is 0. The summed E-state index contributed by atoms with van der Waals surface area (Å²) in [6, 6.07) is 14.6. The number of aryl methyl sites for hydroxylation is 2. The summed E-state index contributed by atoms with van der Waals surface area (Å²) in [4.78, 5) is 13.3. The van der Waals surface area contributed by atoms with E-state index in [-0.39, 0.29) is 0 Å². The molecule has 0 radical (unpaired) electrons. The molecule has 1 heterocycles. The number of carbonyl (C=O) groups is 1. The van der Waals surface area contributed by atoms with Gasteiger partial charge >= 0.3 is 0 Å². The summed E-state index contributed by atoms with van der Waals surface area (Å²) in [6.45, 7) is 3.12. The topological polar surface area (TPSA) is 20.3 Å². The van der Waals surface area contributed by atoms with Crippen molar-refractivity contribution in [3.63, 3.8) is 0 Å². The van der Waals surface area contributed by atoms with E-state index in [2.05, 4.69) is 42.2 Å². The third-order valence-corrected chi connectivity index (χ3v) is 4.01. The number of nitrogens with zero attached hydrogens (tertiary/aromatic N) is 1. The summed E-state index contributed by atoms with van der Waals surface area (Å²) < 4.78 is 0. The van der Waals surface area contributed by atoms with Crippen molar-refractivity contribution in [2.45, 2.75) is 26.2 Å². The van der Waals surface area contributed by atoms with Crippen molar-refractivity contribution in [2.24, 2.45) is 0 Å². The van der Waals surface area contributed by atoms with E-state index in [4.69, 9.17) is 0 Å². The Hall–Kier alpha value is -2.09. The monoisotopic (exact) mass is 265 g/mol. The Morgan fingerprint density at radius 1 is 1.05 bits per heavy atom. The molecule has 0 spiro atoms. The number of anilines is 2. The zero-order valence-corrected chi connectivity index (χ0v) is 11.8. The van der Waals surface area contributed by atoms with Crippen LogP contribution in [0.25, 0.3) is 0 Å². The van der Waals surface area contributed by atoms with Crippen LogP contribution in [0.15, 0.2) is 42.5 Å². The minimum Gasteiger partial charge on any atom is -0.341 e. The number of hydrogen-bond donors (Lipinski definition) is 0. The molecule has 0 saturated heterocycles. The number of rotatable bonds is 2. The van der Waals surface area contributed by atoms with Gasteiger partial charge in [0.1, 0.15) is 6.29 Å². The molecule has 2 nitrogen and oxygen atoms in total. The third kappa shape index (κ3) is 2.34. The fourth-order valence-electron chi connectivity index (χ4n) is 3.00. The first-order valence-electron chi connectivity index (χ1n) is 7.21. The molecular formula is C18H19NO. The summed E-state index contributed by atoms with van der Waals surface area (Å²) >= 11 is 0. The van der Waals surface area contributed by atoms with Crippen molar-refractivity contribution in [1.29, 1.82) is 0 Å². The number of carbonyl (C=O) groups excluding carboxylic acids is 1. The predicted octanol–water partition coefficient (Wildman–Crippen LogP) is 4.28. The average molecular weight is 265 g/mol. The van der Waals surface area contributed by atoms with Gasteiger partial charge in [0.25, 0.3) is 0 Å². The van der Waals surface area contributed by atoms with Crippen LogP contribution in [0, 0.1) is 6.92 Å². The molecule has 0 unspecified atom stereocenters. The van der Waals surface area contributed by atoms with Crippen LogP contribution in [0.4, 0.5) is 11.4 Å². The fourth-order valence-corrected chi connectivity index (χ4v) is 3.00. The zero-order valence-electron chi connectivity index (χ0n) is 11.8. The Bertz CT molecular complexity index is 633. The van der Waals surface area contributed by atoms with Gasteiger partial charge in [-0.1, -0.05) is 18.2 Å². The lowest BCUT2D eigenvalue weighted by Gasteiger charge is -2.27. The largest absolute Gasteiger partial charge is 0.341 e. The molecule has 2 heteroatoms. The van der Waals surface area contributed by atoms with Crippen LogP contribution < -0.4 is 4.90 Å². The van der Waals surface area contributed by atoms with Gasteiger partial charge in [-0.3, -0.25) is 4.79 Å². The Labute approximate surface area is 120 Å². The molecule has 0 fully saturated rings. The molecule has 0 aromatic heterocycles. The number of hydrogen-bond acceptors (Lipinski definition) is 2. The maximum Gasteiger partial charge on any atom is 0.150 e. The quantitative estimate of drug-likeness (QED) is 0.755. The average Bonchev–Trinajstić information content (AvgIpc) is 2.69. The minimum atomic E-state index is 0.745. The van der Waals surface area contributed by atoms with Gasteiger partial charge in [-0.15, -0.1) is 0 Å². The minimum absolute atomic E-state index is 0.745. The van der Waals surface area contributed by atoms with Crippen molar-refractivity contribution in [3.8, 4) is 0 Å². The molecule has 102 valence electrons. The van der Waals surface area contributed by atoms with E-state index in [0.717, 1.165) is 30.4 Å². The third-order valence-electron chi connectivity index (χ3n) is 4.01. The van der Waals surface area contributed by atoms with Crippen LogP contribution in [0.5, 0.6) is 0 Å². The molecule has 0 amide bonds. The number of fused-ring (bicyclic) bond motifs is 1. The van der Waals surface area contributed by atoms with Crippen LogP contribution >= 0.6 is 0 Å². The summed E-state index contributed by atoms with van der Waals surface area (Å²) in [5.41, 5.74) is 5.85. The number of para-hydroxylation sites is 1. The van der Waals surface area contributed by atoms with Crippen molar-refractivity contribution < 1.29 is 4.79 Å². The molecule has 0 aliphatic carbocycles. The van der Waals surface area contributed by atoms with E-state index in [1.165, 1.54) is 29.8 Å². The van der Waals surface area contributed by atoms with Gasteiger partial charge in [-0.2, -0.15) is 0 Å². The lowest BCUT2D eigenvalue weighted by molar-refractivity contribution is 0.112. The molecule has 20 heavy (non-hydrogen) atoms. The van der Waals surface area contributed by atoms with E-state index in [9.17, 15) is 4.79 Å². The van der Waals surface area contributed by atoms with Crippen molar-refractivity contribution in [2.75, 3.05) is 11.4 Å². The van der Waals surface area contributed by atoms with E-state index < -0.39 is 0 Å². The van der Waals surface area contributed by atoms with Crippen molar-refractivity contribution >= 4 is 17.7 Å². The van der Waals surface area contributed by atoms with Gasteiger partial charge in [0.2, 0.25) is 0 Å². The van der Waals surface area contributed by atoms with Crippen molar-refractivity contribution in [3.05, 3.63) is 59.2 Å². The molecule has 1 aliphatic rings. The van der Waals surface area contributed by atoms with Crippen LogP contribution in [0.2, 0.25) is 0 Å². The smallest absolute Gasteiger partial charge is 0.150 e. The first kappa shape index (κ1) is 12.9. The van der Waals surface area contributed by atoms with Gasteiger partial charge in [-0.05, 0) is 61.6 Å². The molecular weight excluding hydrogens is 246 g/mol. The highest BCUT2D eigenvalue weighted by Gasteiger charge is 2.17. The van der Waals surface area contributed by atoms with E-state index in [0.29, 0.717) is 0 Å². The normalized spacial score (nSPS) is 14.6. The Morgan fingerprint density at radius 3 is 2.70 bits per heavy atom. The zero-order chi connectivity index (χ0) is 13.9. The van der Waals surface area contributed by atoms with E-state index >= 15 is 0 Å². The summed E-state index contributed by atoms with van der Waals surface area (Å²) in [6.07, 6.45) is 4.49. The number of aldehydes is 1. The molecule has 0 bridgehead atoms. The van der Waals surface area contributed by atoms with Gasteiger partial charge in [-0.25, -0.2) is 0 Å². The highest BCUT2D eigenvalue weighted by Crippen LogP contribution is 2.34.